The van der Waals surface area contributed by atoms with Gasteiger partial charge in [0.05, 0.1) is 17.9 Å². The van der Waals surface area contributed by atoms with Crippen molar-refractivity contribution in [1.29, 1.82) is 0 Å². The molecular weight excluding hydrogens is 497 g/mol. The predicted molar refractivity (Wildman–Crippen MR) is 148 cm³/mol. The Morgan fingerprint density at radius 1 is 0.949 bits per heavy atom. The molecule has 0 N–H and O–H groups in total. The number of piperazine rings is 1. The van der Waals surface area contributed by atoms with E-state index >= 15 is 0 Å². The average Bonchev–Trinajstić information content (AvgIpc) is 3.64. The number of hydrogen-bond donors (Lipinski definition) is 0. The summed E-state index contributed by atoms with van der Waals surface area (Å²) in [7, 11) is 3.34. The first-order valence-corrected chi connectivity index (χ1v) is 13.5. The lowest BCUT2D eigenvalue weighted by molar-refractivity contribution is -0.116. The summed E-state index contributed by atoms with van der Waals surface area (Å²) in [5.74, 6) is 1.59. The SMILES string of the molecule is COC(CN1CCN(c2cccc(-c3cnc4ccc(N5CCCC5c5cccc(F)c5)nn34)n2)CC1)OC. The van der Waals surface area contributed by atoms with Crippen LogP contribution in [-0.4, -0.2) is 84.3 Å². The fourth-order valence-corrected chi connectivity index (χ4v) is 5.65. The van der Waals surface area contributed by atoms with Gasteiger partial charge in [0.2, 0.25) is 0 Å². The summed E-state index contributed by atoms with van der Waals surface area (Å²) < 4.78 is 26.5. The number of methoxy groups -OCH3 is 2. The molecule has 0 saturated carbocycles. The van der Waals surface area contributed by atoms with Gasteiger partial charge in [-0.25, -0.2) is 18.9 Å². The van der Waals surface area contributed by atoms with Crippen molar-refractivity contribution in [3.63, 3.8) is 0 Å². The monoisotopic (exact) mass is 531 g/mol. The highest BCUT2D eigenvalue weighted by Crippen LogP contribution is 2.35. The molecule has 3 aromatic heterocycles. The molecule has 10 heteroatoms. The minimum absolute atomic E-state index is 0.0980. The van der Waals surface area contributed by atoms with Crippen LogP contribution in [0.15, 0.2) is 60.8 Å². The number of benzene rings is 1. The van der Waals surface area contributed by atoms with Gasteiger partial charge in [-0.2, -0.15) is 0 Å². The van der Waals surface area contributed by atoms with E-state index in [1.165, 1.54) is 6.07 Å². The molecule has 1 unspecified atom stereocenters. The predicted octanol–water partition coefficient (Wildman–Crippen LogP) is 4.01. The van der Waals surface area contributed by atoms with Gasteiger partial charge in [0.1, 0.15) is 23.1 Å². The third kappa shape index (κ3) is 5.32. The molecule has 6 rings (SSSR count). The topological polar surface area (TPSA) is 71.3 Å². The molecule has 204 valence electrons. The molecule has 2 aliphatic rings. The summed E-state index contributed by atoms with van der Waals surface area (Å²) in [5.41, 5.74) is 3.42. The molecule has 2 fully saturated rings. The molecule has 1 atom stereocenters. The van der Waals surface area contributed by atoms with E-state index in [9.17, 15) is 4.39 Å². The molecule has 2 aliphatic heterocycles. The van der Waals surface area contributed by atoms with Crippen LogP contribution in [0.4, 0.5) is 16.0 Å². The number of pyridine rings is 1. The Kier molecular flexibility index (Phi) is 7.40. The third-order valence-corrected chi connectivity index (χ3v) is 7.75. The average molecular weight is 532 g/mol. The second-order valence-corrected chi connectivity index (χ2v) is 10.1. The van der Waals surface area contributed by atoms with E-state index in [4.69, 9.17) is 19.6 Å². The molecule has 1 aromatic carbocycles. The summed E-state index contributed by atoms with van der Waals surface area (Å²) in [6.07, 6.45) is 3.62. The summed E-state index contributed by atoms with van der Waals surface area (Å²) in [6, 6.07) is 17.1. The van der Waals surface area contributed by atoms with Gasteiger partial charge in [0.25, 0.3) is 0 Å². The van der Waals surface area contributed by atoms with E-state index in [1.54, 1.807) is 26.4 Å². The van der Waals surface area contributed by atoms with Crippen molar-refractivity contribution in [1.82, 2.24) is 24.5 Å². The molecule has 2 saturated heterocycles. The Bertz CT molecular complexity index is 1420. The van der Waals surface area contributed by atoms with Crippen molar-refractivity contribution >= 4 is 17.3 Å². The Balaban J connectivity index is 1.23. The van der Waals surface area contributed by atoms with Crippen LogP contribution in [0.25, 0.3) is 17.0 Å². The van der Waals surface area contributed by atoms with E-state index in [-0.39, 0.29) is 18.1 Å². The first kappa shape index (κ1) is 25.7. The smallest absolute Gasteiger partial charge is 0.169 e. The van der Waals surface area contributed by atoms with Crippen molar-refractivity contribution in [3.8, 4) is 11.4 Å². The number of hydrogen-bond acceptors (Lipinski definition) is 8. The zero-order valence-corrected chi connectivity index (χ0v) is 22.4. The first-order valence-electron chi connectivity index (χ1n) is 13.5. The van der Waals surface area contributed by atoms with E-state index in [0.29, 0.717) is 0 Å². The van der Waals surface area contributed by atoms with Gasteiger partial charge >= 0.3 is 0 Å². The number of halogens is 1. The fraction of sp³-hybridized carbons (Fsp3) is 0.414. The normalized spacial score (nSPS) is 18.5. The maximum Gasteiger partial charge on any atom is 0.169 e. The van der Waals surface area contributed by atoms with Gasteiger partial charge in [-0.05, 0) is 54.8 Å². The van der Waals surface area contributed by atoms with Gasteiger partial charge in [-0.3, -0.25) is 4.90 Å². The van der Waals surface area contributed by atoms with E-state index in [0.717, 1.165) is 86.3 Å². The lowest BCUT2D eigenvalue weighted by Crippen LogP contribution is -2.49. The zero-order valence-electron chi connectivity index (χ0n) is 22.4. The van der Waals surface area contributed by atoms with E-state index in [2.05, 4.69) is 25.8 Å². The van der Waals surface area contributed by atoms with Crippen LogP contribution in [-0.2, 0) is 9.47 Å². The van der Waals surface area contributed by atoms with E-state index in [1.807, 2.05) is 41.0 Å². The van der Waals surface area contributed by atoms with Crippen LogP contribution >= 0.6 is 0 Å². The summed E-state index contributed by atoms with van der Waals surface area (Å²) >= 11 is 0. The van der Waals surface area contributed by atoms with Gasteiger partial charge in [0, 0.05) is 53.5 Å². The quantitative estimate of drug-likeness (QED) is 0.316. The lowest BCUT2D eigenvalue weighted by Gasteiger charge is -2.36. The molecule has 0 bridgehead atoms. The Morgan fingerprint density at radius 2 is 1.77 bits per heavy atom. The molecule has 4 aromatic rings. The first-order chi connectivity index (χ1) is 19.1. The minimum atomic E-state index is -0.213. The van der Waals surface area contributed by atoms with Crippen LogP contribution in [0, 0.1) is 5.82 Å². The molecule has 5 heterocycles. The highest BCUT2D eigenvalue weighted by molar-refractivity contribution is 5.62. The molecule has 39 heavy (non-hydrogen) atoms. The Morgan fingerprint density at radius 3 is 2.56 bits per heavy atom. The summed E-state index contributed by atoms with van der Waals surface area (Å²) in [5, 5.41) is 4.99. The molecule has 0 spiro atoms. The molecule has 0 amide bonds. The lowest BCUT2D eigenvalue weighted by atomic mass is 10.0. The van der Waals surface area contributed by atoms with Gasteiger partial charge in [-0.15, -0.1) is 5.10 Å². The van der Waals surface area contributed by atoms with Crippen LogP contribution in [0.1, 0.15) is 24.4 Å². The minimum Gasteiger partial charge on any atom is -0.355 e. The molecule has 9 nitrogen and oxygen atoms in total. The Hall–Kier alpha value is -3.60. The van der Waals surface area contributed by atoms with Gasteiger partial charge in [-0.1, -0.05) is 18.2 Å². The van der Waals surface area contributed by atoms with Crippen molar-refractivity contribution in [2.45, 2.75) is 25.2 Å². The van der Waals surface area contributed by atoms with Crippen molar-refractivity contribution < 1.29 is 13.9 Å². The molecule has 0 aliphatic carbocycles. The van der Waals surface area contributed by atoms with Crippen molar-refractivity contribution in [2.24, 2.45) is 0 Å². The van der Waals surface area contributed by atoms with Crippen molar-refractivity contribution in [3.05, 3.63) is 72.2 Å². The van der Waals surface area contributed by atoms with Crippen LogP contribution in [0.3, 0.4) is 0 Å². The van der Waals surface area contributed by atoms with Gasteiger partial charge in [0.15, 0.2) is 11.9 Å². The standard InChI is InChI=1S/C29H34FN7O2/c1-38-29(39-2)20-34-14-16-35(17-15-34)27-10-4-8-23(32-27)25-19-31-26-11-12-28(33-37(25)26)36-13-5-9-24(36)21-6-3-7-22(30)18-21/h3-4,6-8,10-12,18-19,24,29H,5,9,13-17,20H2,1-2H3. The molecule has 0 radical (unpaired) electrons. The number of ether oxygens (including phenoxy) is 2. The number of aromatic nitrogens is 4. The number of anilines is 2. The number of rotatable bonds is 8. The van der Waals surface area contributed by atoms with Gasteiger partial charge < -0.3 is 19.3 Å². The molecular formula is C29H34FN7O2. The largest absolute Gasteiger partial charge is 0.355 e. The second kappa shape index (κ2) is 11.3. The number of imidazole rings is 1. The summed E-state index contributed by atoms with van der Waals surface area (Å²) in [4.78, 5) is 16.5. The third-order valence-electron chi connectivity index (χ3n) is 7.75. The summed E-state index contributed by atoms with van der Waals surface area (Å²) in [6.45, 7) is 5.21. The maximum atomic E-state index is 14.0. The van der Waals surface area contributed by atoms with Crippen LogP contribution < -0.4 is 9.80 Å². The maximum absolute atomic E-state index is 14.0. The highest BCUT2D eigenvalue weighted by atomic mass is 19.1. The highest BCUT2D eigenvalue weighted by Gasteiger charge is 2.28. The zero-order chi connectivity index (χ0) is 26.8. The van der Waals surface area contributed by atoms with Crippen molar-refractivity contribution in [2.75, 3.05) is 63.3 Å². The second-order valence-electron chi connectivity index (χ2n) is 10.1. The van der Waals surface area contributed by atoms with E-state index < -0.39 is 0 Å². The van der Waals surface area contributed by atoms with Crippen LogP contribution in [0.5, 0.6) is 0 Å². The Labute approximate surface area is 227 Å². The number of nitrogens with zero attached hydrogens (tertiary/aromatic N) is 7. The number of fused-ring (bicyclic) bond motifs is 1. The van der Waals surface area contributed by atoms with Crippen LogP contribution in [0.2, 0.25) is 0 Å². The fourth-order valence-electron chi connectivity index (χ4n) is 5.65.